The van der Waals surface area contributed by atoms with E-state index in [1.165, 1.54) is 21.8 Å². The molecular weight excluding hydrogens is 240 g/mol. The minimum absolute atomic E-state index is 0.962. The summed E-state index contributed by atoms with van der Waals surface area (Å²) in [7, 11) is 1.99. The Morgan fingerprint density at radius 1 is 1.28 bits per heavy atom. The van der Waals surface area contributed by atoms with Gasteiger partial charge in [0.1, 0.15) is 0 Å². The molecule has 0 fully saturated rings. The summed E-state index contributed by atoms with van der Waals surface area (Å²) in [6, 6.07) is 8.54. The van der Waals surface area contributed by atoms with Crippen molar-refractivity contribution in [2.24, 2.45) is 0 Å². The lowest BCUT2D eigenvalue weighted by atomic mass is 10.1. The highest BCUT2D eigenvalue weighted by atomic mass is 32.1. The van der Waals surface area contributed by atoms with Gasteiger partial charge < -0.3 is 5.32 Å². The molecule has 1 aromatic carbocycles. The highest BCUT2D eigenvalue weighted by Crippen LogP contribution is 2.17. The molecule has 1 heterocycles. The summed E-state index contributed by atoms with van der Waals surface area (Å²) in [4.78, 5) is 4.71. The van der Waals surface area contributed by atoms with E-state index in [-0.39, 0.29) is 0 Å². The van der Waals surface area contributed by atoms with Gasteiger partial charge in [0.15, 0.2) is 0 Å². The van der Waals surface area contributed by atoms with Crippen LogP contribution < -0.4 is 5.32 Å². The normalized spacial score (nSPS) is 10.8. The Labute approximate surface area is 113 Å². The number of nitrogens with zero attached hydrogens (tertiary/aromatic N) is 1. The van der Waals surface area contributed by atoms with Gasteiger partial charge in [0.2, 0.25) is 0 Å². The van der Waals surface area contributed by atoms with E-state index in [0.717, 1.165) is 25.8 Å². The second kappa shape index (κ2) is 6.66. The molecule has 1 N–H and O–H groups in total. The van der Waals surface area contributed by atoms with Gasteiger partial charge in [0.25, 0.3) is 0 Å². The van der Waals surface area contributed by atoms with Crippen LogP contribution >= 0.6 is 11.3 Å². The summed E-state index contributed by atoms with van der Waals surface area (Å²) in [6.07, 6.45) is 3.19. The van der Waals surface area contributed by atoms with Crippen molar-refractivity contribution in [1.29, 1.82) is 0 Å². The zero-order chi connectivity index (χ0) is 12.8. The molecule has 0 atom stereocenters. The van der Waals surface area contributed by atoms with Crippen molar-refractivity contribution < 1.29 is 0 Å². The third-order valence-corrected chi connectivity index (χ3v) is 3.96. The number of aromatic nitrogens is 1. The van der Waals surface area contributed by atoms with E-state index in [9.17, 15) is 0 Å². The average molecular weight is 260 g/mol. The molecule has 0 spiro atoms. The van der Waals surface area contributed by atoms with Gasteiger partial charge in [-0.05, 0) is 44.5 Å². The maximum absolute atomic E-state index is 4.71. The number of rotatable bonds is 6. The predicted octanol–water partition coefficient (Wildman–Crippen LogP) is 3.19. The summed E-state index contributed by atoms with van der Waals surface area (Å²) < 4.78 is 0. The van der Waals surface area contributed by atoms with Gasteiger partial charge in [0.05, 0.1) is 10.7 Å². The van der Waals surface area contributed by atoms with Crippen molar-refractivity contribution in [3.8, 4) is 0 Å². The van der Waals surface area contributed by atoms with Crippen LogP contribution in [0.1, 0.15) is 28.2 Å². The van der Waals surface area contributed by atoms with E-state index >= 15 is 0 Å². The number of hydrogen-bond donors (Lipinski definition) is 1. The van der Waals surface area contributed by atoms with E-state index in [4.69, 9.17) is 4.98 Å². The SMILES string of the molecule is CNCCCc1csc(Cc2ccccc2C)n1. The van der Waals surface area contributed by atoms with Crippen LogP contribution in [0, 0.1) is 6.92 Å². The van der Waals surface area contributed by atoms with Crippen LogP contribution in [0.5, 0.6) is 0 Å². The number of benzene rings is 1. The molecule has 0 unspecified atom stereocenters. The lowest BCUT2D eigenvalue weighted by Gasteiger charge is -2.02. The second-order valence-corrected chi connectivity index (χ2v) is 5.49. The van der Waals surface area contributed by atoms with E-state index in [1.54, 1.807) is 11.3 Å². The van der Waals surface area contributed by atoms with Crippen molar-refractivity contribution in [1.82, 2.24) is 10.3 Å². The molecule has 0 aliphatic carbocycles. The fourth-order valence-corrected chi connectivity index (χ4v) is 2.81. The standard InChI is InChI=1S/C15H20N2S/c1-12-6-3-4-7-13(12)10-15-17-14(11-18-15)8-5-9-16-2/h3-4,6-7,11,16H,5,8-10H2,1-2H3. The summed E-state index contributed by atoms with van der Waals surface area (Å²) >= 11 is 1.78. The van der Waals surface area contributed by atoms with Crippen molar-refractivity contribution in [2.75, 3.05) is 13.6 Å². The molecule has 0 saturated heterocycles. The maximum Gasteiger partial charge on any atom is 0.0972 e. The number of hydrogen-bond acceptors (Lipinski definition) is 3. The third-order valence-electron chi connectivity index (χ3n) is 3.06. The van der Waals surface area contributed by atoms with E-state index in [0.29, 0.717) is 0 Å². The largest absolute Gasteiger partial charge is 0.320 e. The first-order valence-electron chi connectivity index (χ1n) is 6.42. The summed E-state index contributed by atoms with van der Waals surface area (Å²) in [6.45, 7) is 3.22. The van der Waals surface area contributed by atoms with Gasteiger partial charge in [0, 0.05) is 11.8 Å². The summed E-state index contributed by atoms with van der Waals surface area (Å²) in [5.41, 5.74) is 3.97. The first-order chi connectivity index (χ1) is 8.79. The molecule has 2 aromatic rings. The highest BCUT2D eigenvalue weighted by Gasteiger charge is 2.04. The molecule has 1 aromatic heterocycles. The Hall–Kier alpha value is -1.19. The van der Waals surface area contributed by atoms with Gasteiger partial charge in [-0.3, -0.25) is 0 Å². The molecule has 0 saturated carbocycles. The van der Waals surface area contributed by atoms with E-state index in [2.05, 4.69) is 41.9 Å². The summed E-state index contributed by atoms with van der Waals surface area (Å²) in [5, 5.41) is 6.59. The first-order valence-corrected chi connectivity index (χ1v) is 7.30. The van der Waals surface area contributed by atoms with Gasteiger partial charge in [-0.1, -0.05) is 24.3 Å². The summed E-state index contributed by atoms with van der Waals surface area (Å²) in [5.74, 6) is 0. The quantitative estimate of drug-likeness (QED) is 0.807. The highest BCUT2D eigenvalue weighted by molar-refractivity contribution is 7.09. The molecule has 2 rings (SSSR count). The minimum Gasteiger partial charge on any atom is -0.320 e. The zero-order valence-corrected chi connectivity index (χ0v) is 11.9. The van der Waals surface area contributed by atoms with E-state index < -0.39 is 0 Å². The van der Waals surface area contributed by atoms with Gasteiger partial charge >= 0.3 is 0 Å². The number of aryl methyl sites for hydroxylation is 2. The van der Waals surface area contributed by atoms with Crippen LogP contribution in [0.25, 0.3) is 0 Å². The van der Waals surface area contributed by atoms with Gasteiger partial charge in [-0.2, -0.15) is 0 Å². The zero-order valence-electron chi connectivity index (χ0n) is 11.1. The number of thiazole rings is 1. The molecule has 3 heteroatoms. The molecule has 2 nitrogen and oxygen atoms in total. The Balaban J connectivity index is 1.96. The Bertz CT molecular complexity index is 491. The first kappa shape index (κ1) is 13.2. The van der Waals surface area contributed by atoms with Crippen LogP contribution in [0.3, 0.4) is 0 Å². The van der Waals surface area contributed by atoms with Crippen LogP contribution in [-0.2, 0) is 12.8 Å². The van der Waals surface area contributed by atoms with Crippen molar-refractivity contribution in [3.63, 3.8) is 0 Å². The topological polar surface area (TPSA) is 24.9 Å². The smallest absolute Gasteiger partial charge is 0.0972 e. The van der Waals surface area contributed by atoms with Gasteiger partial charge in [-0.15, -0.1) is 11.3 Å². The van der Waals surface area contributed by atoms with Crippen LogP contribution in [-0.4, -0.2) is 18.6 Å². The molecule has 0 radical (unpaired) electrons. The van der Waals surface area contributed by atoms with Crippen molar-refractivity contribution in [3.05, 3.63) is 51.5 Å². The third kappa shape index (κ3) is 3.65. The Morgan fingerprint density at radius 3 is 2.89 bits per heavy atom. The lowest BCUT2D eigenvalue weighted by molar-refractivity contribution is 0.716. The molecule has 18 heavy (non-hydrogen) atoms. The van der Waals surface area contributed by atoms with Crippen LogP contribution in [0.15, 0.2) is 29.6 Å². The molecule has 0 aliphatic rings. The fraction of sp³-hybridized carbons (Fsp3) is 0.400. The van der Waals surface area contributed by atoms with Crippen molar-refractivity contribution in [2.45, 2.75) is 26.2 Å². The molecular formula is C15H20N2S. The lowest BCUT2D eigenvalue weighted by Crippen LogP contribution is -2.08. The maximum atomic E-state index is 4.71. The second-order valence-electron chi connectivity index (χ2n) is 4.54. The van der Waals surface area contributed by atoms with E-state index in [1.807, 2.05) is 7.05 Å². The van der Waals surface area contributed by atoms with Crippen LogP contribution in [0.2, 0.25) is 0 Å². The Morgan fingerprint density at radius 2 is 2.11 bits per heavy atom. The average Bonchev–Trinajstić information content (AvgIpc) is 2.80. The van der Waals surface area contributed by atoms with Gasteiger partial charge in [-0.25, -0.2) is 4.98 Å². The predicted molar refractivity (Wildman–Crippen MR) is 78.3 cm³/mol. The fourth-order valence-electron chi connectivity index (χ4n) is 1.96. The van der Waals surface area contributed by atoms with Crippen LogP contribution in [0.4, 0.5) is 0 Å². The Kier molecular flexibility index (Phi) is 4.90. The molecule has 0 amide bonds. The number of nitrogens with one attached hydrogen (secondary N) is 1. The minimum atomic E-state index is 0.962. The molecule has 0 aliphatic heterocycles. The van der Waals surface area contributed by atoms with Crippen molar-refractivity contribution >= 4 is 11.3 Å². The molecule has 96 valence electrons. The molecule has 0 bridgehead atoms. The monoisotopic (exact) mass is 260 g/mol.